The Hall–Kier alpha value is -1.57. The summed E-state index contributed by atoms with van der Waals surface area (Å²) in [6.07, 6.45) is 0.786. The van der Waals surface area contributed by atoms with Gasteiger partial charge in [0.15, 0.2) is 5.17 Å². The molecule has 24 heavy (non-hydrogen) atoms. The van der Waals surface area contributed by atoms with Crippen molar-refractivity contribution in [1.82, 2.24) is 0 Å². The number of hydrogen-bond donors (Lipinski definition) is 2. The lowest BCUT2D eigenvalue weighted by molar-refractivity contribution is 0.103. The van der Waals surface area contributed by atoms with Crippen LogP contribution in [0.25, 0.3) is 0 Å². The number of thioether (sulfide) groups is 1. The van der Waals surface area contributed by atoms with Gasteiger partial charge in [-0.15, -0.1) is 11.3 Å². The number of aliphatic imine (C=N–C) groups is 1. The molecule has 1 aromatic heterocycles. The Morgan fingerprint density at radius 3 is 2.92 bits per heavy atom. The Morgan fingerprint density at radius 2 is 2.25 bits per heavy atom. The van der Waals surface area contributed by atoms with Gasteiger partial charge in [-0.2, -0.15) is 0 Å². The number of anilines is 1. The first-order valence-electron chi connectivity index (χ1n) is 7.21. The predicted molar refractivity (Wildman–Crippen MR) is 99.7 cm³/mol. The van der Waals surface area contributed by atoms with Crippen LogP contribution in [-0.2, 0) is 5.54 Å². The van der Waals surface area contributed by atoms with Gasteiger partial charge in [-0.3, -0.25) is 9.79 Å². The smallest absolute Gasteiger partial charge is 0.267 e. The van der Waals surface area contributed by atoms with Crippen molar-refractivity contribution in [1.29, 1.82) is 0 Å². The van der Waals surface area contributed by atoms with E-state index in [9.17, 15) is 9.18 Å². The molecular formula is C16H15ClFN3OS2. The molecule has 0 radical (unpaired) electrons. The molecule has 3 N–H and O–H groups in total. The normalized spacial score (nSPS) is 20.5. The molecule has 126 valence electrons. The van der Waals surface area contributed by atoms with Crippen LogP contribution in [0.5, 0.6) is 0 Å². The number of nitrogens with zero attached hydrogens (tertiary/aromatic N) is 1. The number of nitrogens with one attached hydrogen (secondary N) is 1. The Morgan fingerprint density at radius 1 is 1.46 bits per heavy atom. The maximum absolute atomic E-state index is 14.1. The SMILES string of the molecule is CC1(c2ccc(F)c(NC(=O)c3sccc3Cl)c2)CCSC(N)=N1. The monoisotopic (exact) mass is 383 g/mol. The van der Waals surface area contributed by atoms with Crippen LogP contribution in [0.3, 0.4) is 0 Å². The van der Waals surface area contributed by atoms with Crippen molar-refractivity contribution in [2.75, 3.05) is 11.1 Å². The second kappa shape index (κ2) is 6.74. The zero-order valence-electron chi connectivity index (χ0n) is 12.8. The molecule has 0 spiro atoms. The van der Waals surface area contributed by atoms with Gasteiger partial charge in [0, 0.05) is 5.75 Å². The highest BCUT2D eigenvalue weighted by atomic mass is 35.5. The van der Waals surface area contributed by atoms with Crippen molar-refractivity contribution < 1.29 is 9.18 Å². The summed E-state index contributed by atoms with van der Waals surface area (Å²) in [4.78, 5) is 17.1. The van der Waals surface area contributed by atoms with E-state index in [1.54, 1.807) is 23.6 Å². The minimum absolute atomic E-state index is 0.107. The number of amides is 1. The van der Waals surface area contributed by atoms with Crippen LogP contribution < -0.4 is 11.1 Å². The maximum Gasteiger partial charge on any atom is 0.267 e. The fourth-order valence-corrected chi connectivity index (χ4v) is 4.50. The van der Waals surface area contributed by atoms with Crippen molar-refractivity contribution >= 4 is 51.5 Å². The first kappa shape index (κ1) is 17.3. The lowest BCUT2D eigenvalue weighted by atomic mass is 9.89. The molecule has 1 unspecified atom stereocenters. The summed E-state index contributed by atoms with van der Waals surface area (Å²) in [5.74, 6) is -0.0978. The fourth-order valence-electron chi connectivity index (χ4n) is 2.49. The Balaban J connectivity index is 1.91. The zero-order chi connectivity index (χ0) is 17.3. The van der Waals surface area contributed by atoms with E-state index in [0.717, 1.165) is 17.7 Å². The molecule has 0 saturated heterocycles. The number of thiophene rings is 1. The minimum atomic E-state index is -0.525. The van der Waals surface area contributed by atoms with E-state index in [4.69, 9.17) is 17.3 Å². The third kappa shape index (κ3) is 3.43. The highest BCUT2D eigenvalue weighted by Crippen LogP contribution is 2.36. The number of halogens is 2. The molecule has 0 fully saturated rings. The molecule has 0 saturated carbocycles. The van der Waals surface area contributed by atoms with Gasteiger partial charge in [-0.25, -0.2) is 4.39 Å². The number of rotatable bonds is 3. The topological polar surface area (TPSA) is 67.5 Å². The summed E-state index contributed by atoms with van der Waals surface area (Å²) < 4.78 is 14.1. The van der Waals surface area contributed by atoms with Gasteiger partial charge in [-0.05, 0) is 42.5 Å². The second-order valence-corrected chi connectivity index (χ2v) is 8.01. The molecule has 4 nitrogen and oxygen atoms in total. The van der Waals surface area contributed by atoms with E-state index in [-0.39, 0.29) is 5.69 Å². The molecule has 0 aliphatic carbocycles. The van der Waals surface area contributed by atoms with Crippen LogP contribution in [0.2, 0.25) is 5.02 Å². The first-order chi connectivity index (χ1) is 11.4. The average molecular weight is 384 g/mol. The van der Waals surface area contributed by atoms with E-state index in [2.05, 4.69) is 10.3 Å². The van der Waals surface area contributed by atoms with Gasteiger partial charge in [0.25, 0.3) is 5.91 Å². The summed E-state index contributed by atoms with van der Waals surface area (Å²) >= 11 is 8.66. The minimum Gasteiger partial charge on any atom is -0.379 e. The van der Waals surface area contributed by atoms with Crippen LogP contribution >= 0.6 is 34.7 Å². The summed E-state index contributed by atoms with van der Waals surface area (Å²) in [6, 6.07) is 6.25. The molecule has 1 aliphatic heterocycles. The van der Waals surface area contributed by atoms with Crippen molar-refractivity contribution in [3.63, 3.8) is 0 Å². The van der Waals surface area contributed by atoms with Gasteiger partial charge < -0.3 is 11.1 Å². The molecule has 2 heterocycles. The van der Waals surface area contributed by atoms with Gasteiger partial charge in [0.1, 0.15) is 10.7 Å². The van der Waals surface area contributed by atoms with Gasteiger partial charge in [0.2, 0.25) is 0 Å². The Kier molecular flexibility index (Phi) is 4.85. The van der Waals surface area contributed by atoms with E-state index in [1.165, 1.54) is 29.2 Å². The molecule has 8 heteroatoms. The second-order valence-electron chi connectivity index (χ2n) is 5.57. The van der Waals surface area contributed by atoms with E-state index >= 15 is 0 Å². The lowest BCUT2D eigenvalue weighted by Gasteiger charge is -2.30. The lowest BCUT2D eigenvalue weighted by Crippen LogP contribution is -2.29. The summed E-state index contributed by atoms with van der Waals surface area (Å²) in [5, 5.41) is 5.17. The van der Waals surface area contributed by atoms with Crippen molar-refractivity contribution in [2.24, 2.45) is 10.7 Å². The van der Waals surface area contributed by atoms with E-state index in [0.29, 0.717) is 15.1 Å². The largest absolute Gasteiger partial charge is 0.379 e. The number of nitrogens with two attached hydrogens (primary N) is 1. The maximum atomic E-state index is 14.1. The van der Waals surface area contributed by atoms with E-state index < -0.39 is 17.3 Å². The first-order valence-corrected chi connectivity index (χ1v) is 9.46. The number of hydrogen-bond acceptors (Lipinski definition) is 5. The predicted octanol–water partition coefficient (Wildman–Crippen LogP) is 4.46. The molecule has 2 aromatic rings. The van der Waals surface area contributed by atoms with Crippen molar-refractivity contribution in [3.05, 3.63) is 50.9 Å². The van der Waals surface area contributed by atoms with Gasteiger partial charge >= 0.3 is 0 Å². The summed E-state index contributed by atoms with van der Waals surface area (Å²) in [6.45, 7) is 1.95. The van der Waals surface area contributed by atoms with E-state index in [1.807, 2.05) is 6.92 Å². The van der Waals surface area contributed by atoms with Crippen molar-refractivity contribution in [3.8, 4) is 0 Å². The summed E-state index contributed by atoms with van der Waals surface area (Å²) in [5.41, 5.74) is 6.22. The quantitative estimate of drug-likeness (QED) is 0.822. The fraction of sp³-hybridized carbons (Fsp3) is 0.250. The Bertz CT molecular complexity index is 823. The molecule has 1 aliphatic rings. The molecule has 0 bridgehead atoms. The third-order valence-corrected chi connectivity index (χ3v) is 5.99. The molecule has 3 rings (SSSR count). The van der Waals surface area contributed by atoms with Gasteiger partial charge in [0.05, 0.1) is 16.2 Å². The highest BCUT2D eigenvalue weighted by molar-refractivity contribution is 8.13. The zero-order valence-corrected chi connectivity index (χ0v) is 15.2. The number of benzene rings is 1. The third-order valence-electron chi connectivity index (χ3n) is 3.86. The highest BCUT2D eigenvalue weighted by Gasteiger charge is 2.30. The molecule has 1 atom stereocenters. The van der Waals surface area contributed by atoms with Crippen LogP contribution in [0.1, 0.15) is 28.6 Å². The van der Waals surface area contributed by atoms with Crippen LogP contribution in [0.15, 0.2) is 34.6 Å². The standard InChI is InChI=1S/C16H15ClFN3OS2/c1-16(5-7-24-15(19)21-16)9-2-3-11(18)12(8-9)20-14(22)13-10(17)4-6-23-13/h2-4,6,8H,5,7H2,1H3,(H2,19,21)(H,20,22). The molecule has 1 aromatic carbocycles. The van der Waals surface area contributed by atoms with Crippen LogP contribution in [0, 0.1) is 5.82 Å². The number of amidine groups is 1. The molecule has 1 amide bonds. The summed E-state index contributed by atoms with van der Waals surface area (Å²) in [7, 11) is 0. The van der Waals surface area contributed by atoms with Crippen LogP contribution in [0.4, 0.5) is 10.1 Å². The van der Waals surface area contributed by atoms with Crippen LogP contribution in [-0.4, -0.2) is 16.8 Å². The number of carbonyl (C=O) groups is 1. The Labute approximate surface area is 152 Å². The van der Waals surface area contributed by atoms with Crippen molar-refractivity contribution in [2.45, 2.75) is 18.9 Å². The number of carbonyl (C=O) groups excluding carboxylic acids is 1. The average Bonchev–Trinajstić information content (AvgIpc) is 2.95. The van der Waals surface area contributed by atoms with Gasteiger partial charge in [-0.1, -0.05) is 29.4 Å². The molecular weight excluding hydrogens is 369 g/mol.